The lowest BCUT2D eigenvalue weighted by Gasteiger charge is -2.12. The highest BCUT2D eigenvalue weighted by Crippen LogP contribution is 2.17. The molecule has 0 spiro atoms. The molecule has 20 heavy (non-hydrogen) atoms. The fourth-order valence-electron chi connectivity index (χ4n) is 1.76. The molecule has 1 rings (SSSR count). The summed E-state index contributed by atoms with van der Waals surface area (Å²) in [5.41, 5.74) is 0. The number of aromatic nitrogens is 2. The van der Waals surface area contributed by atoms with E-state index in [1.54, 1.807) is 0 Å². The Balaban J connectivity index is 2.31. The van der Waals surface area contributed by atoms with Gasteiger partial charge in [0.2, 0.25) is 5.13 Å². The van der Waals surface area contributed by atoms with Crippen molar-refractivity contribution in [1.82, 2.24) is 15.5 Å². The predicted molar refractivity (Wildman–Crippen MR) is 81.1 cm³/mol. The van der Waals surface area contributed by atoms with Crippen LogP contribution in [0.5, 0.6) is 0 Å². The molecule has 1 atom stereocenters. The second-order valence-electron chi connectivity index (χ2n) is 4.82. The SMILES string of the molecule is CCCCCc1nnc(NC(=O)NC(C)CCCO)s1. The number of urea groups is 1. The van der Waals surface area contributed by atoms with Gasteiger partial charge in [0.15, 0.2) is 0 Å². The van der Waals surface area contributed by atoms with Gasteiger partial charge < -0.3 is 10.4 Å². The highest BCUT2D eigenvalue weighted by molar-refractivity contribution is 7.15. The lowest BCUT2D eigenvalue weighted by Crippen LogP contribution is -2.36. The van der Waals surface area contributed by atoms with Crippen molar-refractivity contribution < 1.29 is 9.90 Å². The summed E-state index contributed by atoms with van der Waals surface area (Å²) in [6.07, 6.45) is 5.82. The van der Waals surface area contributed by atoms with E-state index in [0.717, 1.165) is 24.3 Å². The van der Waals surface area contributed by atoms with Crippen LogP contribution in [-0.2, 0) is 6.42 Å². The summed E-state index contributed by atoms with van der Waals surface area (Å²) in [6, 6.07) is -0.245. The van der Waals surface area contributed by atoms with Crippen molar-refractivity contribution in [1.29, 1.82) is 0 Å². The van der Waals surface area contributed by atoms with Gasteiger partial charge in [0.25, 0.3) is 0 Å². The van der Waals surface area contributed by atoms with Gasteiger partial charge in [-0.2, -0.15) is 0 Å². The van der Waals surface area contributed by atoms with E-state index in [1.807, 2.05) is 6.92 Å². The molecule has 1 aromatic heterocycles. The molecule has 6 nitrogen and oxygen atoms in total. The minimum atomic E-state index is -0.272. The Morgan fingerprint density at radius 1 is 1.35 bits per heavy atom. The third-order valence-electron chi connectivity index (χ3n) is 2.85. The number of aliphatic hydroxyl groups is 1. The van der Waals surface area contributed by atoms with E-state index in [9.17, 15) is 4.79 Å². The van der Waals surface area contributed by atoms with Crippen molar-refractivity contribution in [2.45, 2.75) is 58.4 Å². The van der Waals surface area contributed by atoms with E-state index in [2.05, 4.69) is 27.8 Å². The number of aliphatic hydroxyl groups excluding tert-OH is 1. The number of hydrogen-bond acceptors (Lipinski definition) is 5. The maximum absolute atomic E-state index is 11.7. The van der Waals surface area contributed by atoms with E-state index < -0.39 is 0 Å². The monoisotopic (exact) mass is 300 g/mol. The summed E-state index contributed by atoms with van der Waals surface area (Å²) in [5, 5.41) is 23.7. The fourth-order valence-corrected chi connectivity index (χ4v) is 2.53. The number of aryl methyl sites for hydroxylation is 1. The third kappa shape index (κ3) is 6.81. The molecular weight excluding hydrogens is 276 g/mol. The zero-order valence-corrected chi connectivity index (χ0v) is 13.0. The van der Waals surface area contributed by atoms with Crippen molar-refractivity contribution in [2.75, 3.05) is 11.9 Å². The predicted octanol–water partition coefficient (Wildman–Crippen LogP) is 2.55. The lowest BCUT2D eigenvalue weighted by atomic mass is 10.2. The average Bonchev–Trinajstić information content (AvgIpc) is 2.84. The minimum Gasteiger partial charge on any atom is -0.396 e. The van der Waals surface area contributed by atoms with Crippen molar-refractivity contribution in [3.63, 3.8) is 0 Å². The lowest BCUT2D eigenvalue weighted by molar-refractivity contribution is 0.245. The smallest absolute Gasteiger partial charge is 0.321 e. The molecule has 0 aliphatic carbocycles. The Kier molecular flexibility index (Phi) is 8.13. The quantitative estimate of drug-likeness (QED) is 0.612. The molecular formula is C13H24N4O2S. The summed E-state index contributed by atoms with van der Waals surface area (Å²) in [7, 11) is 0. The van der Waals surface area contributed by atoms with Crippen LogP contribution in [0.1, 0.15) is 51.0 Å². The number of anilines is 1. The van der Waals surface area contributed by atoms with Gasteiger partial charge in [0.1, 0.15) is 5.01 Å². The summed E-state index contributed by atoms with van der Waals surface area (Å²) < 4.78 is 0. The standard InChI is InChI=1S/C13H24N4O2S/c1-3-4-5-8-11-16-17-13(20-11)15-12(19)14-10(2)7-6-9-18/h10,18H,3-9H2,1-2H3,(H2,14,15,17,19). The first kappa shape index (κ1) is 16.8. The van der Waals surface area contributed by atoms with Gasteiger partial charge in [0.05, 0.1) is 0 Å². The summed E-state index contributed by atoms with van der Waals surface area (Å²) in [4.78, 5) is 11.7. The summed E-state index contributed by atoms with van der Waals surface area (Å²) in [6.45, 7) is 4.21. The maximum Gasteiger partial charge on any atom is 0.321 e. The third-order valence-corrected chi connectivity index (χ3v) is 3.75. The second kappa shape index (κ2) is 9.66. The van der Waals surface area contributed by atoms with E-state index in [-0.39, 0.29) is 18.7 Å². The number of rotatable bonds is 9. The number of unbranched alkanes of at least 4 members (excludes halogenated alkanes) is 2. The van der Waals surface area contributed by atoms with Crippen molar-refractivity contribution in [3.05, 3.63) is 5.01 Å². The number of carbonyl (C=O) groups is 1. The molecule has 0 aliphatic heterocycles. The second-order valence-corrected chi connectivity index (χ2v) is 5.89. The molecule has 0 aromatic carbocycles. The molecule has 0 saturated carbocycles. The van der Waals surface area contributed by atoms with Gasteiger partial charge in [-0.25, -0.2) is 4.79 Å². The fraction of sp³-hybridized carbons (Fsp3) is 0.769. The van der Waals surface area contributed by atoms with Crippen LogP contribution in [0, 0.1) is 0 Å². The molecule has 7 heteroatoms. The average molecular weight is 300 g/mol. The van der Waals surface area contributed by atoms with Gasteiger partial charge >= 0.3 is 6.03 Å². The highest BCUT2D eigenvalue weighted by atomic mass is 32.1. The number of amides is 2. The molecule has 114 valence electrons. The van der Waals surface area contributed by atoms with Crippen molar-refractivity contribution >= 4 is 22.5 Å². The van der Waals surface area contributed by atoms with E-state index in [4.69, 9.17) is 5.11 Å². The number of nitrogens with one attached hydrogen (secondary N) is 2. The van der Waals surface area contributed by atoms with Crippen LogP contribution in [0.3, 0.4) is 0 Å². The molecule has 3 N–H and O–H groups in total. The number of carbonyl (C=O) groups excluding carboxylic acids is 1. The zero-order valence-electron chi connectivity index (χ0n) is 12.2. The Morgan fingerprint density at radius 3 is 2.85 bits per heavy atom. The zero-order chi connectivity index (χ0) is 14.8. The van der Waals surface area contributed by atoms with Crippen LogP contribution < -0.4 is 10.6 Å². The molecule has 0 bridgehead atoms. The van der Waals surface area contributed by atoms with E-state index >= 15 is 0 Å². The van der Waals surface area contributed by atoms with Gasteiger partial charge in [-0.1, -0.05) is 31.1 Å². The van der Waals surface area contributed by atoms with Gasteiger partial charge in [-0.3, -0.25) is 5.32 Å². The van der Waals surface area contributed by atoms with E-state index in [0.29, 0.717) is 11.6 Å². The van der Waals surface area contributed by atoms with Crippen LogP contribution in [0.4, 0.5) is 9.93 Å². The Morgan fingerprint density at radius 2 is 2.15 bits per heavy atom. The first-order valence-electron chi connectivity index (χ1n) is 7.16. The Labute approximate surface area is 124 Å². The van der Waals surface area contributed by atoms with Gasteiger partial charge in [-0.15, -0.1) is 10.2 Å². The Hall–Kier alpha value is -1.21. The van der Waals surface area contributed by atoms with Crippen LogP contribution in [0.15, 0.2) is 0 Å². The molecule has 0 fully saturated rings. The highest BCUT2D eigenvalue weighted by Gasteiger charge is 2.10. The largest absolute Gasteiger partial charge is 0.396 e. The molecule has 0 radical (unpaired) electrons. The molecule has 1 aromatic rings. The molecule has 2 amide bonds. The molecule has 0 saturated heterocycles. The van der Waals surface area contributed by atoms with Crippen LogP contribution in [0.2, 0.25) is 0 Å². The van der Waals surface area contributed by atoms with Crippen LogP contribution in [0.25, 0.3) is 0 Å². The van der Waals surface area contributed by atoms with Crippen molar-refractivity contribution in [2.24, 2.45) is 0 Å². The normalized spacial score (nSPS) is 12.2. The number of nitrogens with zero attached hydrogens (tertiary/aromatic N) is 2. The van der Waals surface area contributed by atoms with Gasteiger partial charge in [0, 0.05) is 19.1 Å². The summed E-state index contributed by atoms with van der Waals surface area (Å²) in [5.74, 6) is 0. The topological polar surface area (TPSA) is 87.1 Å². The van der Waals surface area contributed by atoms with E-state index in [1.165, 1.54) is 24.2 Å². The first-order chi connectivity index (χ1) is 9.65. The molecule has 1 unspecified atom stereocenters. The van der Waals surface area contributed by atoms with Crippen molar-refractivity contribution in [3.8, 4) is 0 Å². The minimum absolute atomic E-state index is 0.0269. The first-order valence-corrected chi connectivity index (χ1v) is 7.98. The summed E-state index contributed by atoms with van der Waals surface area (Å²) >= 11 is 1.42. The Bertz CT molecular complexity index is 397. The van der Waals surface area contributed by atoms with Gasteiger partial charge in [-0.05, 0) is 26.2 Å². The molecule has 1 heterocycles. The molecule has 0 aliphatic rings. The number of hydrogen-bond donors (Lipinski definition) is 3. The maximum atomic E-state index is 11.7. The van der Waals surface area contributed by atoms with Crippen LogP contribution >= 0.6 is 11.3 Å². The van der Waals surface area contributed by atoms with Crippen LogP contribution in [-0.4, -0.2) is 34.0 Å².